The summed E-state index contributed by atoms with van der Waals surface area (Å²) in [4.78, 5) is 4.43. The number of methoxy groups -OCH3 is 1. The summed E-state index contributed by atoms with van der Waals surface area (Å²) in [6.07, 6.45) is 4.04. The molecule has 1 atom stereocenters. The highest BCUT2D eigenvalue weighted by Gasteiger charge is 2.40. The topological polar surface area (TPSA) is 45.4 Å². The zero-order valence-corrected chi connectivity index (χ0v) is 12.3. The maximum absolute atomic E-state index is 9.15. The lowest BCUT2D eigenvalue weighted by Crippen LogP contribution is -2.42. The van der Waals surface area contributed by atoms with Crippen molar-refractivity contribution < 1.29 is 4.74 Å². The Bertz CT molecular complexity index is 757. The van der Waals surface area contributed by atoms with Crippen molar-refractivity contribution in [3.8, 4) is 11.8 Å². The third kappa shape index (κ3) is 2.18. The third-order valence-corrected chi connectivity index (χ3v) is 3.80. The molecular formula is C18H16N3O+. The van der Waals surface area contributed by atoms with Crippen LogP contribution in [0.1, 0.15) is 6.42 Å². The van der Waals surface area contributed by atoms with Crippen molar-refractivity contribution in [1.82, 2.24) is 4.48 Å². The second-order valence-electron chi connectivity index (χ2n) is 4.93. The second kappa shape index (κ2) is 5.84. The quantitative estimate of drug-likeness (QED) is 0.795. The number of aliphatic imine (C=N–C) groups is 1. The molecule has 0 bridgehead atoms. The molecule has 0 amide bonds. The molecular weight excluding hydrogens is 274 g/mol. The van der Waals surface area contributed by atoms with E-state index in [1.54, 1.807) is 13.3 Å². The van der Waals surface area contributed by atoms with Gasteiger partial charge in [-0.25, -0.2) is 4.99 Å². The van der Waals surface area contributed by atoms with Crippen LogP contribution in [0.15, 0.2) is 72.0 Å². The Balaban J connectivity index is 2.18. The summed E-state index contributed by atoms with van der Waals surface area (Å²) < 4.78 is 5.58. The van der Waals surface area contributed by atoms with Gasteiger partial charge in [0.1, 0.15) is 29.7 Å². The molecule has 2 aromatic carbocycles. The highest BCUT2D eigenvalue weighted by Crippen LogP contribution is 2.39. The Morgan fingerprint density at radius 3 is 2.36 bits per heavy atom. The molecule has 22 heavy (non-hydrogen) atoms. The van der Waals surface area contributed by atoms with Crippen molar-refractivity contribution in [2.45, 2.75) is 6.42 Å². The number of hydrogen-bond donors (Lipinski definition) is 0. The molecule has 0 radical (unpaired) electrons. The van der Waals surface area contributed by atoms with Crippen molar-refractivity contribution in [3.63, 3.8) is 0 Å². The van der Waals surface area contributed by atoms with Crippen LogP contribution in [0.3, 0.4) is 0 Å². The lowest BCUT2D eigenvalue weighted by atomic mass is 10.1. The summed E-state index contributed by atoms with van der Waals surface area (Å²) in [5.41, 5.74) is 2.07. The van der Waals surface area contributed by atoms with E-state index < -0.39 is 0 Å². The highest BCUT2D eigenvalue weighted by molar-refractivity contribution is 6.03. The molecule has 4 nitrogen and oxygen atoms in total. The van der Waals surface area contributed by atoms with E-state index in [4.69, 9.17) is 10.00 Å². The zero-order valence-electron chi connectivity index (χ0n) is 12.3. The minimum Gasteiger partial charge on any atom is -0.497 e. The van der Waals surface area contributed by atoms with Gasteiger partial charge in [0.15, 0.2) is 0 Å². The number of rotatable bonds is 4. The summed E-state index contributed by atoms with van der Waals surface area (Å²) in [6, 6.07) is 20.2. The van der Waals surface area contributed by atoms with Gasteiger partial charge in [0.2, 0.25) is 5.84 Å². The number of nitriles is 1. The maximum atomic E-state index is 9.15. The fraction of sp³-hybridized carbons (Fsp3) is 0.111. The van der Waals surface area contributed by atoms with Gasteiger partial charge in [0.25, 0.3) is 0 Å². The van der Waals surface area contributed by atoms with Gasteiger partial charge in [-0.1, -0.05) is 18.2 Å². The van der Waals surface area contributed by atoms with Crippen LogP contribution in [-0.4, -0.2) is 12.9 Å². The molecule has 0 N–H and O–H groups in total. The van der Waals surface area contributed by atoms with Gasteiger partial charge in [-0.15, -0.1) is 0 Å². The number of ether oxygens (including phenoxy) is 1. The van der Waals surface area contributed by atoms with Crippen molar-refractivity contribution >= 4 is 17.2 Å². The van der Waals surface area contributed by atoms with Crippen molar-refractivity contribution in [2.75, 3.05) is 7.11 Å². The minimum atomic E-state index is 0.272. The van der Waals surface area contributed by atoms with Crippen molar-refractivity contribution in [1.29, 1.82) is 5.26 Å². The predicted octanol–water partition coefficient (Wildman–Crippen LogP) is 4.13. The van der Waals surface area contributed by atoms with Crippen LogP contribution in [-0.2, 0) is 0 Å². The number of amidine groups is 1. The number of nitrogens with zero attached hydrogens (tertiary/aromatic N) is 3. The molecule has 3 rings (SSSR count). The molecule has 2 aromatic rings. The summed E-state index contributed by atoms with van der Waals surface area (Å²) >= 11 is 0. The highest BCUT2D eigenvalue weighted by atomic mass is 16.5. The van der Waals surface area contributed by atoms with E-state index in [-0.39, 0.29) is 6.42 Å². The lowest BCUT2D eigenvalue weighted by Gasteiger charge is -2.30. The molecule has 1 aliphatic heterocycles. The van der Waals surface area contributed by atoms with Crippen LogP contribution >= 0.6 is 0 Å². The van der Waals surface area contributed by atoms with E-state index in [1.807, 2.05) is 60.8 Å². The summed E-state index contributed by atoms with van der Waals surface area (Å²) in [7, 11) is 1.65. The Morgan fingerprint density at radius 2 is 1.73 bits per heavy atom. The molecule has 1 unspecified atom stereocenters. The van der Waals surface area contributed by atoms with E-state index in [2.05, 4.69) is 11.1 Å². The Hall–Kier alpha value is -2.90. The maximum Gasteiger partial charge on any atom is 0.232 e. The Labute approximate surface area is 129 Å². The van der Waals surface area contributed by atoms with Crippen molar-refractivity contribution in [3.05, 3.63) is 67.0 Å². The van der Waals surface area contributed by atoms with Crippen LogP contribution in [0.2, 0.25) is 0 Å². The molecule has 0 aromatic heterocycles. The van der Waals surface area contributed by atoms with Gasteiger partial charge < -0.3 is 4.74 Å². The van der Waals surface area contributed by atoms with Gasteiger partial charge in [0, 0.05) is 24.3 Å². The predicted molar refractivity (Wildman–Crippen MR) is 87.7 cm³/mol. The van der Waals surface area contributed by atoms with Gasteiger partial charge in [-0.3, -0.25) is 0 Å². The molecule has 1 aliphatic rings. The molecule has 1 heterocycles. The first-order chi connectivity index (χ1) is 10.8. The normalized spacial score (nSPS) is 19.5. The standard InChI is InChI=1S/C18H16N3O/c1-22-17-9-7-16(8-10-17)21(15-5-3-2-4-6-15)14-13-20-18(21)11-12-19/h2-10,13-14H,11H2,1H3/q+1. The molecule has 0 saturated carbocycles. The van der Waals surface area contributed by atoms with Crippen LogP contribution in [0.4, 0.5) is 11.4 Å². The van der Waals surface area contributed by atoms with Crippen molar-refractivity contribution in [2.24, 2.45) is 4.99 Å². The molecule has 4 heteroatoms. The van der Waals surface area contributed by atoms with Crippen LogP contribution in [0.5, 0.6) is 5.75 Å². The first-order valence-electron chi connectivity index (χ1n) is 7.02. The molecule has 0 saturated heterocycles. The van der Waals surface area contributed by atoms with E-state index in [0.717, 1.165) is 23.0 Å². The molecule has 108 valence electrons. The number of benzene rings is 2. The minimum absolute atomic E-state index is 0.272. The van der Waals surface area contributed by atoms with Crippen LogP contribution < -0.4 is 9.22 Å². The zero-order chi connectivity index (χ0) is 15.4. The first-order valence-corrected chi connectivity index (χ1v) is 7.02. The summed E-state index contributed by atoms with van der Waals surface area (Å²) in [5, 5.41) is 9.15. The smallest absolute Gasteiger partial charge is 0.232 e. The van der Waals surface area contributed by atoms with E-state index in [0.29, 0.717) is 4.48 Å². The Kier molecular flexibility index (Phi) is 3.73. The van der Waals surface area contributed by atoms with E-state index in [9.17, 15) is 0 Å². The number of hydrogen-bond acceptors (Lipinski definition) is 3. The third-order valence-electron chi connectivity index (χ3n) is 3.80. The molecule has 0 spiro atoms. The van der Waals surface area contributed by atoms with Crippen LogP contribution in [0, 0.1) is 11.3 Å². The average Bonchev–Trinajstić information content (AvgIpc) is 3.01. The second-order valence-corrected chi connectivity index (χ2v) is 4.93. The fourth-order valence-corrected chi connectivity index (χ4v) is 2.74. The lowest BCUT2D eigenvalue weighted by molar-refractivity contribution is 0.414. The summed E-state index contributed by atoms with van der Waals surface area (Å²) in [6.45, 7) is 0. The van der Waals surface area contributed by atoms with E-state index in [1.165, 1.54) is 0 Å². The average molecular weight is 290 g/mol. The SMILES string of the molecule is COc1ccc([N+]2(c3ccccc3)C=CN=C2CC#N)cc1. The molecule has 0 fully saturated rings. The van der Waals surface area contributed by atoms with Crippen LogP contribution in [0.25, 0.3) is 0 Å². The number of para-hydroxylation sites is 1. The Morgan fingerprint density at radius 1 is 1.05 bits per heavy atom. The fourth-order valence-electron chi connectivity index (χ4n) is 2.74. The number of quaternary nitrogens is 1. The van der Waals surface area contributed by atoms with Gasteiger partial charge in [-0.2, -0.15) is 9.74 Å². The molecule has 0 aliphatic carbocycles. The van der Waals surface area contributed by atoms with E-state index >= 15 is 0 Å². The largest absolute Gasteiger partial charge is 0.497 e. The van der Waals surface area contributed by atoms with Gasteiger partial charge >= 0.3 is 0 Å². The van der Waals surface area contributed by atoms with Gasteiger partial charge in [0.05, 0.1) is 19.4 Å². The summed E-state index contributed by atoms with van der Waals surface area (Å²) in [5.74, 6) is 1.59. The first kappa shape index (κ1) is 14.1. The monoisotopic (exact) mass is 290 g/mol. The van der Waals surface area contributed by atoms with Gasteiger partial charge in [-0.05, 0) is 12.1 Å².